The number of carbonyl (C=O) groups is 1. The van der Waals surface area contributed by atoms with Crippen molar-refractivity contribution in [2.24, 2.45) is 15.7 Å². The van der Waals surface area contributed by atoms with E-state index < -0.39 is 23.2 Å². The van der Waals surface area contributed by atoms with Crippen molar-refractivity contribution in [1.82, 2.24) is 4.90 Å². The molecule has 0 bridgehead atoms. The molecule has 1 saturated heterocycles. The molecule has 3 heterocycles. The van der Waals surface area contributed by atoms with Crippen molar-refractivity contribution in [2.45, 2.75) is 11.8 Å². The summed E-state index contributed by atoms with van der Waals surface area (Å²) in [6.07, 6.45) is 2.00. The molecule has 0 aliphatic carbocycles. The van der Waals surface area contributed by atoms with E-state index in [1.807, 2.05) is 146 Å². The molecule has 5 aromatic rings. The summed E-state index contributed by atoms with van der Waals surface area (Å²) in [5, 5.41) is 9.38. The summed E-state index contributed by atoms with van der Waals surface area (Å²) in [6.45, 7) is 0. The van der Waals surface area contributed by atoms with Gasteiger partial charge < -0.3 is 19.1 Å². The van der Waals surface area contributed by atoms with Gasteiger partial charge in [0, 0.05) is 22.3 Å². The number of hydrogen-bond donors (Lipinski definition) is 0. The van der Waals surface area contributed by atoms with E-state index in [0.717, 1.165) is 27.8 Å². The summed E-state index contributed by atoms with van der Waals surface area (Å²) in [7, 11) is 3.26. The summed E-state index contributed by atoms with van der Waals surface area (Å²) in [6, 6.07) is 44.1. The lowest BCUT2D eigenvalue weighted by Crippen LogP contribution is -2.45. The first-order chi connectivity index (χ1) is 23.6. The molecule has 3 atom stereocenters. The van der Waals surface area contributed by atoms with E-state index in [1.54, 1.807) is 14.2 Å². The average molecular weight is 634 g/mol. The Balaban J connectivity index is 1.53. The molecule has 48 heavy (non-hydrogen) atoms. The van der Waals surface area contributed by atoms with Crippen molar-refractivity contribution < 1.29 is 23.9 Å². The van der Waals surface area contributed by atoms with Crippen LogP contribution < -0.4 is 9.47 Å². The fraction of sp³-hybridized carbons (Fsp3) is 0.125. The van der Waals surface area contributed by atoms with Crippen molar-refractivity contribution in [1.29, 1.82) is 0 Å². The Hall–Kier alpha value is -6.15. The molecule has 5 aromatic carbocycles. The number of benzene rings is 5. The molecule has 1 spiro atoms. The quantitative estimate of drug-likeness (QED) is 0.175. The summed E-state index contributed by atoms with van der Waals surface area (Å²) >= 11 is 0. The first-order valence-corrected chi connectivity index (χ1v) is 15.6. The molecule has 1 fully saturated rings. The van der Waals surface area contributed by atoms with Crippen molar-refractivity contribution in [3.63, 3.8) is 0 Å². The number of rotatable bonds is 7. The van der Waals surface area contributed by atoms with Gasteiger partial charge in [0.2, 0.25) is 0 Å². The van der Waals surface area contributed by atoms with Gasteiger partial charge in [-0.2, -0.15) is 0 Å². The Kier molecular flexibility index (Phi) is 7.06. The average Bonchev–Trinajstić information content (AvgIpc) is 3.78. The number of ether oxygens (including phenoxy) is 2. The zero-order chi connectivity index (χ0) is 32.7. The lowest BCUT2D eigenvalue weighted by Gasteiger charge is -2.35. The van der Waals surface area contributed by atoms with Crippen LogP contribution in [0.5, 0.6) is 11.5 Å². The maximum Gasteiger partial charge on any atom is 0.354 e. The number of hydrogen-bond acceptors (Lipinski definition) is 8. The Morgan fingerprint density at radius 1 is 0.708 bits per heavy atom. The lowest BCUT2D eigenvalue weighted by molar-refractivity contribution is -0.147. The van der Waals surface area contributed by atoms with Gasteiger partial charge in [0.25, 0.3) is 5.72 Å². The maximum absolute atomic E-state index is 14.9. The molecule has 8 heteroatoms. The number of nitrogens with zero attached hydrogens (tertiary/aromatic N) is 3. The minimum Gasteiger partial charge on any atom is -0.497 e. The predicted octanol–water partition coefficient (Wildman–Crippen LogP) is 7.34. The zero-order valence-electron chi connectivity index (χ0n) is 26.3. The highest BCUT2D eigenvalue weighted by atomic mass is 16.7. The Bertz CT molecular complexity index is 2100. The van der Waals surface area contributed by atoms with E-state index in [2.05, 4.69) is 10.1 Å². The lowest BCUT2D eigenvalue weighted by atomic mass is 9.66. The normalized spacial score (nSPS) is 23.4. The summed E-state index contributed by atoms with van der Waals surface area (Å²) in [4.78, 5) is 29.7. The molecule has 0 aromatic heterocycles. The van der Waals surface area contributed by atoms with E-state index in [1.165, 1.54) is 0 Å². The summed E-state index contributed by atoms with van der Waals surface area (Å²) < 4.78 is 11.3. The van der Waals surface area contributed by atoms with Gasteiger partial charge in [0.15, 0.2) is 11.3 Å². The first-order valence-electron chi connectivity index (χ1n) is 15.6. The molecule has 0 saturated carbocycles. The standard InChI is InChI=1S/C40H31N3O5/c1-45-32-22-12-14-27(24-32)25-34-39(35(41-47-38(39)44)28-15-6-3-7-16-28)36(30-19-13-23-33(26-30)46-2)43-37(29-17-8-4-9-18-29)42-48-40(34,43)31-20-10-5-11-21-31/h3-26,36H,1-2H3/b34-25+/t36-,39+,40+/m1/s1. The molecule has 3 aliphatic rings. The largest absolute Gasteiger partial charge is 0.497 e. The van der Waals surface area contributed by atoms with Crippen molar-refractivity contribution in [3.8, 4) is 11.5 Å². The van der Waals surface area contributed by atoms with E-state index in [9.17, 15) is 4.79 Å². The molecule has 236 valence electrons. The van der Waals surface area contributed by atoms with Crippen LogP contribution in [0.1, 0.15) is 33.9 Å². The smallest absolute Gasteiger partial charge is 0.354 e. The van der Waals surface area contributed by atoms with Gasteiger partial charge in [-0.25, -0.2) is 4.79 Å². The highest BCUT2D eigenvalue weighted by Gasteiger charge is 2.76. The highest BCUT2D eigenvalue weighted by Crippen LogP contribution is 2.67. The number of oxime groups is 2. The Morgan fingerprint density at radius 2 is 1.33 bits per heavy atom. The van der Waals surface area contributed by atoms with Crippen LogP contribution in [0.25, 0.3) is 6.08 Å². The molecule has 8 rings (SSSR count). The summed E-state index contributed by atoms with van der Waals surface area (Å²) in [5.74, 6) is 1.35. The summed E-state index contributed by atoms with van der Waals surface area (Å²) in [5.41, 5.74) is 2.10. The first kappa shape index (κ1) is 29.3. The predicted molar refractivity (Wildman–Crippen MR) is 182 cm³/mol. The van der Waals surface area contributed by atoms with Gasteiger partial charge in [-0.05, 0) is 41.5 Å². The maximum atomic E-state index is 14.9. The van der Waals surface area contributed by atoms with Gasteiger partial charge in [-0.15, -0.1) is 0 Å². The molecular formula is C40H31N3O5. The monoisotopic (exact) mass is 633 g/mol. The van der Waals surface area contributed by atoms with Crippen LogP contribution in [0, 0.1) is 5.41 Å². The number of carbonyl (C=O) groups excluding carboxylic acids is 1. The van der Waals surface area contributed by atoms with Gasteiger partial charge in [-0.3, -0.25) is 4.90 Å². The van der Waals surface area contributed by atoms with Crippen molar-refractivity contribution in [3.05, 3.63) is 173 Å². The Morgan fingerprint density at radius 3 is 2.02 bits per heavy atom. The molecule has 0 radical (unpaired) electrons. The van der Waals surface area contributed by atoms with Crippen LogP contribution >= 0.6 is 0 Å². The van der Waals surface area contributed by atoms with E-state index in [4.69, 9.17) is 24.3 Å². The zero-order valence-corrected chi connectivity index (χ0v) is 26.3. The van der Waals surface area contributed by atoms with Crippen LogP contribution in [-0.4, -0.2) is 36.6 Å². The number of amidine groups is 1. The van der Waals surface area contributed by atoms with E-state index in [0.29, 0.717) is 28.6 Å². The second kappa shape index (κ2) is 11.6. The third-order valence-electron chi connectivity index (χ3n) is 9.26. The van der Waals surface area contributed by atoms with Crippen LogP contribution in [-0.2, 0) is 20.2 Å². The third-order valence-corrected chi connectivity index (χ3v) is 9.26. The molecule has 8 nitrogen and oxygen atoms in total. The van der Waals surface area contributed by atoms with Crippen molar-refractivity contribution in [2.75, 3.05) is 14.2 Å². The van der Waals surface area contributed by atoms with Crippen LogP contribution in [0.3, 0.4) is 0 Å². The second-order valence-corrected chi connectivity index (χ2v) is 11.8. The molecular weight excluding hydrogens is 602 g/mol. The van der Waals surface area contributed by atoms with Gasteiger partial charge >= 0.3 is 5.97 Å². The van der Waals surface area contributed by atoms with Gasteiger partial charge in [0.05, 0.1) is 20.3 Å². The van der Waals surface area contributed by atoms with Crippen LogP contribution in [0.2, 0.25) is 0 Å². The van der Waals surface area contributed by atoms with Gasteiger partial charge in [-0.1, -0.05) is 126 Å². The van der Waals surface area contributed by atoms with Crippen LogP contribution in [0.15, 0.2) is 155 Å². The van der Waals surface area contributed by atoms with E-state index >= 15 is 0 Å². The highest BCUT2D eigenvalue weighted by molar-refractivity contribution is 6.23. The minimum atomic E-state index is -1.51. The molecule has 0 unspecified atom stereocenters. The van der Waals surface area contributed by atoms with Crippen LogP contribution in [0.4, 0.5) is 0 Å². The Labute approximate surface area is 278 Å². The fourth-order valence-corrected chi connectivity index (χ4v) is 7.23. The number of fused-ring (bicyclic) bond motifs is 1. The van der Waals surface area contributed by atoms with Crippen molar-refractivity contribution >= 4 is 23.6 Å². The topological polar surface area (TPSA) is 82.0 Å². The number of methoxy groups -OCH3 is 2. The minimum absolute atomic E-state index is 0.468. The fourth-order valence-electron chi connectivity index (χ4n) is 7.23. The third kappa shape index (κ3) is 4.26. The molecule has 3 aliphatic heterocycles. The molecule has 0 N–H and O–H groups in total. The van der Waals surface area contributed by atoms with E-state index in [-0.39, 0.29) is 0 Å². The molecule has 0 amide bonds. The second-order valence-electron chi connectivity index (χ2n) is 11.8. The SMILES string of the molecule is COc1cccc(/C=C2\[C@@]3(C(=O)ON=C3c3ccccc3)[C@@H](c3cccc(OC)c3)N3C(c4ccccc4)=NO[C@@]23c2ccccc2)c1. The van der Waals surface area contributed by atoms with Gasteiger partial charge in [0.1, 0.15) is 17.2 Å².